The highest BCUT2D eigenvalue weighted by Crippen LogP contribution is 2.20. The van der Waals surface area contributed by atoms with Crippen LogP contribution in [0.1, 0.15) is 39.5 Å². The van der Waals surface area contributed by atoms with Gasteiger partial charge in [0.15, 0.2) is 0 Å². The van der Waals surface area contributed by atoms with E-state index < -0.39 is 11.8 Å². The summed E-state index contributed by atoms with van der Waals surface area (Å²) in [6, 6.07) is 0. The third kappa shape index (κ3) is 5.32. The minimum atomic E-state index is -1.15. The number of carbonyl (C=O) groups excluding carboxylic acids is 2. The average molecular weight is 200 g/mol. The predicted molar refractivity (Wildman–Crippen MR) is 51.3 cm³/mol. The molecule has 0 saturated carbocycles. The van der Waals surface area contributed by atoms with E-state index in [9.17, 15) is 9.59 Å². The highest BCUT2D eigenvalue weighted by Gasteiger charge is 2.26. The second kappa shape index (κ2) is 6.16. The van der Waals surface area contributed by atoms with Gasteiger partial charge in [0.1, 0.15) is 0 Å². The number of nitrogens with two attached hydrogens (primary N) is 1. The number of ether oxygens (including phenoxy) is 1. The van der Waals surface area contributed by atoms with Crippen LogP contribution in [-0.4, -0.2) is 17.9 Å². The normalized spacial score (nSPS) is 13.9. The van der Waals surface area contributed by atoms with Crippen LogP contribution in [-0.2, 0) is 9.53 Å². The van der Waals surface area contributed by atoms with Crippen molar-refractivity contribution >= 4 is 12.2 Å². The van der Waals surface area contributed by atoms with Crippen LogP contribution in [0.4, 0.5) is 4.79 Å². The molecule has 2 N–H and O–H groups in total. The molecule has 1 atom stereocenters. The Labute approximate surface area is 83.3 Å². The number of hydrogen-bond donors (Lipinski definition) is 1. The van der Waals surface area contributed by atoms with E-state index in [4.69, 9.17) is 10.5 Å². The van der Waals surface area contributed by atoms with Crippen molar-refractivity contribution in [1.82, 2.24) is 0 Å². The molecule has 0 radical (unpaired) electrons. The van der Waals surface area contributed by atoms with Gasteiger partial charge in [0.25, 0.3) is 0 Å². The van der Waals surface area contributed by atoms with Gasteiger partial charge in [0.2, 0.25) is 11.8 Å². The van der Waals surface area contributed by atoms with Crippen LogP contribution in [0.3, 0.4) is 0 Å². The van der Waals surface area contributed by atoms with Crippen molar-refractivity contribution in [3.8, 4) is 0 Å². The number of unbranched alkanes of at least 4 members (excludes halogenated alkanes) is 2. The minimum absolute atomic E-state index is 0.485. The first-order valence-electron chi connectivity index (χ1n) is 4.61. The zero-order chi connectivity index (χ0) is 11.0. The Balaban J connectivity index is 4.23. The SMILES string of the molecule is CCCCCC(C)(N=C=O)OC(N)=O. The lowest BCUT2D eigenvalue weighted by molar-refractivity contribution is 0.0297. The van der Waals surface area contributed by atoms with Gasteiger partial charge in [-0.1, -0.05) is 19.8 Å². The van der Waals surface area contributed by atoms with E-state index in [2.05, 4.69) is 11.9 Å². The molecule has 0 spiro atoms. The summed E-state index contributed by atoms with van der Waals surface area (Å²) in [5.74, 6) is 0. The number of isocyanates is 1. The van der Waals surface area contributed by atoms with Gasteiger partial charge < -0.3 is 10.5 Å². The summed E-state index contributed by atoms with van der Waals surface area (Å²) in [6.07, 6.45) is 3.80. The third-order valence-electron chi connectivity index (χ3n) is 1.85. The van der Waals surface area contributed by atoms with E-state index in [1.807, 2.05) is 0 Å². The maximum absolute atomic E-state index is 10.5. The lowest BCUT2D eigenvalue weighted by Gasteiger charge is -2.22. The molecule has 0 aromatic heterocycles. The quantitative estimate of drug-likeness (QED) is 0.402. The van der Waals surface area contributed by atoms with Gasteiger partial charge in [-0.05, 0) is 13.3 Å². The molecular weight excluding hydrogens is 184 g/mol. The van der Waals surface area contributed by atoms with Crippen LogP contribution in [0.2, 0.25) is 0 Å². The third-order valence-corrected chi connectivity index (χ3v) is 1.85. The molecule has 80 valence electrons. The monoisotopic (exact) mass is 200 g/mol. The Morgan fingerprint density at radius 2 is 2.21 bits per heavy atom. The molecule has 0 fully saturated rings. The van der Waals surface area contributed by atoms with E-state index in [1.165, 1.54) is 6.08 Å². The maximum Gasteiger partial charge on any atom is 0.406 e. The van der Waals surface area contributed by atoms with Crippen molar-refractivity contribution in [2.75, 3.05) is 0 Å². The predicted octanol–water partition coefficient (Wildman–Crippen LogP) is 1.71. The lowest BCUT2D eigenvalue weighted by atomic mass is 10.1. The van der Waals surface area contributed by atoms with Gasteiger partial charge in [0.05, 0.1) is 0 Å². The molecule has 5 nitrogen and oxygen atoms in total. The molecule has 0 heterocycles. The summed E-state index contributed by atoms with van der Waals surface area (Å²) < 4.78 is 4.73. The Hall–Kier alpha value is -1.35. The molecule has 0 aromatic rings. The van der Waals surface area contributed by atoms with Crippen LogP contribution >= 0.6 is 0 Å². The molecule has 0 saturated heterocycles. The summed E-state index contributed by atoms with van der Waals surface area (Å²) in [6.45, 7) is 3.59. The molecule has 0 rings (SSSR count). The van der Waals surface area contributed by atoms with E-state index >= 15 is 0 Å². The van der Waals surface area contributed by atoms with Gasteiger partial charge in [-0.3, -0.25) is 0 Å². The van der Waals surface area contributed by atoms with Gasteiger partial charge in [-0.25, -0.2) is 9.59 Å². The van der Waals surface area contributed by atoms with Crippen molar-refractivity contribution in [3.05, 3.63) is 0 Å². The summed E-state index contributed by atoms with van der Waals surface area (Å²) in [4.78, 5) is 24.1. The fraction of sp³-hybridized carbons (Fsp3) is 0.778. The molecule has 0 aliphatic heterocycles. The van der Waals surface area contributed by atoms with E-state index in [-0.39, 0.29) is 0 Å². The maximum atomic E-state index is 10.5. The largest absolute Gasteiger partial charge is 0.421 e. The second-order valence-electron chi connectivity index (χ2n) is 3.26. The van der Waals surface area contributed by atoms with E-state index in [0.717, 1.165) is 19.3 Å². The fourth-order valence-corrected chi connectivity index (χ4v) is 1.15. The number of carbonyl (C=O) groups is 1. The first-order valence-corrected chi connectivity index (χ1v) is 4.61. The van der Waals surface area contributed by atoms with Gasteiger partial charge in [-0.15, -0.1) is 0 Å². The van der Waals surface area contributed by atoms with Crippen LogP contribution in [0.5, 0.6) is 0 Å². The lowest BCUT2D eigenvalue weighted by Crippen LogP contribution is -2.32. The molecule has 1 unspecified atom stereocenters. The Morgan fingerprint density at radius 1 is 1.57 bits per heavy atom. The highest BCUT2D eigenvalue weighted by molar-refractivity contribution is 5.65. The zero-order valence-corrected chi connectivity index (χ0v) is 8.58. The fourth-order valence-electron chi connectivity index (χ4n) is 1.15. The van der Waals surface area contributed by atoms with Crippen molar-refractivity contribution in [1.29, 1.82) is 0 Å². The number of aliphatic imine (C=N–C) groups is 1. The van der Waals surface area contributed by atoms with Crippen molar-refractivity contribution in [2.45, 2.75) is 45.3 Å². The van der Waals surface area contributed by atoms with E-state index in [1.54, 1.807) is 6.92 Å². The number of amides is 1. The number of nitrogens with zero attached hydrogens (tertiary/aromatic N) is 1. The van der Waals surface area contributed by atoms with Gasteiger partial charge in [0, 0.05) is 6.42 Å². The number of hydrogen-bond acceptors (Lipinski definition) is 4. The van der Waals surface area contributed by atoms with Crippen molar-refractivity contribution in [3.63, 3.8) is 0 Å². The van der Waals surface area contributed by atoms with Crippen LogP contribution in [0.25, 0.3) is 0 Å². The second-order valence-corrected chi connectivity index (χ2v) is 3.26. The molecule has 1 amide bonds. The highest BCUT2D eigenvalue weighted by atomic mass is 16.6. The smallest absolute Gasteiger partial charge is 0.406 e. The zero-order valence-electron chi connectivity index (χ0n) is 8.58. The average Bonchev–Trinajstić information content (AvgIpc) is 2.03. The number of primary amides is 1. The van der Waals surface area contributed by atoms with E-state index in [0.29, 0.717) is 6.42 Å². The van der Waals surface area contributed by atoms with Crippen LogP contribution in [0.15, 0.2) is 4.99 Å². The molecule has 5 heteroatoms. The van der Waals surface area contributed by atoms with Crippen molar-refractivity contribution < 1.29 is 14.3 Å². The topological polar surface area (TPSA) is 81.8 Å². The minimum Gasteiger partial charge on any atom is -0.421 e. The van der Waals surface area contributed by atoms with Gasteiger partial charge in [-0.2, -0.15) is 4.99 Å². The summed E-state index contributed by atoms with van der Waals surface area (Å²) in [5, 5.41) is 0. The summed E-state index contributed by atoms with van der Waals surface area (Å²) in [7, 11) is 0. The standard InChI is InChI=1S/C9H16N2O3/c1-3-4-5-6-9(2,11-7-12)14-8(10)13/h3-6H2,1-2H3,(H2,10,13). The van der Waals surface area contributed by atoms with Crippen LogP contribution < -0.4 is 5.73 Å². The van der Waals surface area contributed by atoms with Crippen molar-refractivity contribution in [2.24, 2.45) is 10.7 Å². The molecule has 14 heavy (non-hydrogen) atoms. The first kappa shape index (κ1) is 12.7. The van der Waals surface area contributed by atoms with Gasteiger partial charge >= 0.3 is 6.09 Å². The molecule has 0 aliphatic carbocycles. The molecule has 0 bridgehead atoms. The molecule has 0 aliphatic rings. The Bertz CT molecular complexity index is 236. The molecule has 0 aromatic carbocycles. The first-order chi connectivity index (χ1) is 6.54. The Morgan fingerprint density at radius 3 is 2.64 bits per heavy atom. The molecular formula is C9H16N2O3. The summed E-state index contributed by atoms with van der Waals surface area (Å²) >= 11 is 0. The van der Waals surface area contributed by atoms with Crippen LogP contribution in [0, 0.1) is 0 Å². The number of rotatable bonds is 6. The summed E-state index contributed by atoms with van der Waals surface area (Å²) in [5.41, 5.74) is 3.71. The Kier molecular flexibility index (Phi) is 5.56.